The Morgan fingerprint density at radius 1 is 0.622 bits per heavy atom. The molecule has 0 bridgehead atoms. The van der Waals surface area contributed by atoms with E-state index in [4.69, 9.17) is 63.7 Å². The summed E-state index contributed by atoms with van der Waals surface area (Å²) in [5.74, 6) is -0.230. The highest BCUT2D eigenvalue weighted by Gasteiger charge is 2.10. The molecule has 2 aromatic heterocycles. The first-order chi connectivity index (χ1) is 21.4. The average Bonchev–Trinajstić information content (AvgIpc) is 2.99. The van der Waals surface area contributed by atoms with Gasteiger partial charge in [0, 0.05) is 33.9 Å². The van der Waals surface area contributed by atoms with Crippen molar-refractivity contribution in [3.63, 3.8) is 0 Å². The van der Waals surface area contributed by atoms with Crippen LogP contribution in [0, 0.1) is 25.5 Å². The van der Waals surface area contributed by atoms with E-state index in [0.717, 1.165) is 27.3 Å². The standard InChI is InChI=1S/C17H13Cl2FN2.C10H6Cl2FN.C7H8ClN/c1-10-6-13-14(19)8-16(22-17(13)15(20)7-10)21-9-11-2-4-12(18)5-3-11;1-5-2-6-7(11)4-9(12)14-10(6)8(13)3-5;8-7-3-1-6(5-9)2-4-7/h2-8H,9H2,1H3,(H,21,22);2-4H,1H3;1-4H,5,9H2. The summed E-state index contributed by atoms with van der Waals surface area (Å²) in [5, 5.41) is 6.90. The number of pyridine rings is 2. The molecule has 6 rings (SSSR count). The lowest BCUT2D eigenvalue weighted by molar-refractivity contribution is 0.635. The molecule has 0 fully saturated rings. The van der Waals surface area contributed by atoms with Crippen molar-refractivity contribution in [2.45, 2.75) is 26.9 Å². The number of hydrogen-bond donors (Lipinski definition) is 2. The fourth-order valence-corrected chi connectivity index (χ4v) is 5.23. The van der Waals surface area contributed by atoms with Gasteiger partial charge in [0.2, 0.25) is 0 Å². The lowest BCUT2D eigenvalue weighted by Crippen LogP contribution is -2.02. The molecule has 4 aromatic carbocycles. The van der Waals surface area contributed by atoms with Gasteiger partial charge in [-0.05, 0) is 96.8 Å². The number of nitrogens with two attached hydrogens (primary N) is 1. The number of hydrogen-bond acceptors (Lipinski definition) is 4. The SMILES string of the molecule is Cc1cc(F)c2nc(Cl)cc(Cl)c2c1.Cc1cc(F)c2nc(NCc3ccc(Cl)cc3)cc(Cl)c2c1.NCc1ccc(Cl)cc1. The number of aryl methyl sites for hydroxylation is 2. The van der Waals surface area contributed by atoms with Crippen LogP contribution in [0.4, 0.5) is 14.6 Å². The molecule has 6 aromatic rings. The summed E-state index contributed by atoms with van der Waals surface area (Å²) in [6, 6.07) is 24.7. The predicted octanol–water partition coefficient (Wildman–Crippen LogP) is 11.4. The third kappa shape index (κ3) is 9.63. The highest BCUT2D eigenvalue weighted by atomic mass is 35.5. The van der Waals surface area contributed by atoms with E-state index >= 15 is 0 Å². The Bertz CT molecular complexity index is 1890. The van der Waals surface area contributed by atoms with Gasteiger partial charge in [-0.25, -0.2) is 18.7 Å². The van der Waals surface area contributed by atoms with Crippen molar-refractivity contribution in [3.05, 3.63) is 144 Å². The maximum atomic E-state index is 14.1. The molecule has 0 atom stereocenters. The zero-order valence-corrected chi connectivity index (χ0v) is 27.9. The summed E-state index contributed by atoms with van der Waals surface area (Å²) in [7, 11) is 0. The molecule has 2 heterocycles. The van der Waals surface area contributed by atoms with Gasteiger partial charge in [-0.3, -0.25) is 0 Å². The first kappa shape index (κ1) is 34.6. The fraction of sp³-hybridized carbons (Fsp3) is 0.118. The van der Waals surface area contributed by atoms with Gasteiger partial charge in [-0.1, -0.05) is 82.3 Å². The number of rotatable bonds is 4. The summed E-state index contributed by atoms with van der Waals surface area (Å²) in [6.07, 6.45) is 0. The second-order valence-corrected chi connectivity index (χ2v) is 12.1. The van der Waals surface area contributed by atoms with Crippen LogP contribution < -0.4 is 11.1 Å². The normalized spacial score (nSPS) is 10.6. The Hall–Kier alpha value is -3.23. The van der Waals surface area contributed by atoms with Gasteiger partial charge in [0.15, 0.2) is 0 Å². The number of fused-ring (bicyclic) bond motifs is 2. The zero-order chi connectivity index (χ0) is 32.7. The van der Waals surface area contributed by atoms with Crippen LogP contribution in [-0.2, 0) is 13.1 Å². The van der Waals surface area contributed by atoms with E-state index in [-0.39, 0.29) is 22.0 Å². The molecule has 11 heteroatoms. The van der Waals surface area contributed by atoms with Crippen molar-refractivity contribution < 1.29 is 8.78 Å². The van der Waals surface area contributed by atoms with Crippen LogP contribution in [0.5, 0.6) is 0 Å². The van der Waals surface area contributed by atoms with E-state index < -0.39 is 5.82 Å². The summed E-state index contributed by atoms with van der Waals surface area (Å²) in [5.41, 5.74) is 9.63. The highest BCUT2D eigenvalue weighted by Crippen LogP contribution is 2.29. The zero-order valence-electron chi connectivity index (χ0n) is 24.1. The topological polar surface area (TPSA) is 63.8 Å². The smallest absolute Gasteiger partial charge is 0.149 e. The molecule has 0 unspecified atom stereocenters. The summed E-state index contributed by atoms with van der Waals surface area (Å²) in [4.78, 5) is 8.20. The minimum Gasteiger partial charge on any atom is -0.366 e. The van der Waals surface area contributed by atoms with Gasteiger partial charge in [0.25, 0.3) is 0 Å². The van der Waals surface area contributed by atoms with Gasteiger partial charge >= 0.3 is 0 Å². The molecule has 0 aliphatic heterocycles. The van der Waals surface area contributed by atoms with Crippen LogP contribution in [0.15, 0.2) is 84.9 Å². The highest BCUT2D eigenvalue weighted by molar-refractivity contribution is 6.38. The number of nitrogens with zero attached hydrogens (tertiary/aromatic N) is 2. The molecule has 0 radical (unpaired) electrons. The molecule has 0 aliphatic carbocycles. The summed E-state index contributed by atoms with van der Waals surface area (Å²) in [6.45, 7) is 4.76. The van der Waals surface area contributed by atoms with Crippen molar-refractivity contribution >= 4 is 85.6 Å². The minimum absolute atomic E-state index is 0.199. The Balaban J connectivity index is 0.000000171. The minimum atomic E-state index is -0.399. The molecule has 232 valence electrons. The van der Waals surface area contributed by atoms with Gasteiger partial charge in [0.05, 0.1) is 10.0 Å². The molecule has 0 aliphatic rings. The number of nitrogens with one attached hydrogen (secondary N) is 1. The third-order valence-corrected chi connectivity index (χ3v) is 7.75. The third-order valence-electron chi connectivity index (χ3n) is 6.43. The second-order valence-electron chi connectivity index (χ2n) is 10.0. The van der Waals surface area contributed by atoms with Crippen molar-refractivity contribution in [2.24, 2.45) is 5.73 Å². The van der Waals surface area contributed by atoms with Crippen LogP contribution in [0.3, 0.4) is 0 Å². The Morgan fingerprint density at radius 2 is 1.09 bits per heavy atom. The summed E-state index contributed by atoms with van der Waals surface area (Å²) < 4.78 is 27.5. The Morgan fingerprint density at radius 3 is 1.60 bits per heavy atom. The molecule has 0 spiro atoms. The van der Waals surface area contributed by atoms with Crippen molar-refractivity contribution in [1.82, 2.24) is 9.97 Å². The number of benzene rings is 4. The van der Waals surface area contributed by atoms with Gasteiger partial charge in [0.1, 0.15) is 33.6 Å². The van der Waals surface area contributed by atoms with E-state index in [9.17, 15) is 8.78 Å². The van der Waals surface area contributed by atoms with E-state index in [1.807, 2.05) is 61.5 Å². The molecule has 4 nitrogen and oxygen atoms in total. The molecule has 0 amide bonds. The fourth-order valence-electron chi connectivity index (χ4n) is 4.24. The predicted molar refractivity (Wildman–Crippen MR) is 186 cm³/mol. The molecular weight excluding hydrogens is 680 g/mol. The number of aromatic nitrogens is 2. The lowest BCUT2D eigenvalue weighted by atomic mass is 10.1. The van der Waals surface area contributed by atoms with Crippen LogP contribution in [-0.4, -0.2) is 9.97 Å². The first-order valence-electron chi connectivity index (χ1n) is 13.5. The van der Waals surface area contributed by atoms with Gasteiger partial charge < -0.3 is 11.1 Å². The van der Waals surface area contributed by atoms with Crippen LogP contribution >= 0.6 is 58.0 Å². The molecule has 0 saturated heterocycles. The van der Waals surface area contributed by atoms with Crippen molar-refractivity contribution in [2.75, 3.05) is 5.32 Å². The Labute approximate surface area is 285 Å². The molecule has 3 N–H and O–H groups in total. The largest absolute Gasteiger partial charge is 0.366 e. The Kier molecular flexibility index (Phi) is 12.2. The quantitative estimate of drug-likeness (QED) is 0.179. The maximum Gasteiger partial charge on any atom is 0.149 e. The van der Waals surface area contributed by atoms with E-state index in [2.05, 4.69) is 15.3 Å². The van der Waals surface area contributed by atoms with Crippen LogP contribution in [0.25, 0.3) is 21.8 Å². The first-order valence-corrected chi connectivity index (χ1v) is 15.4. The van der Waals surface area contributed by atoms with E-state index in [1.165, 1.54) is 18.2 Å². The number of anilines is 1. The second kappa shape index (κ2) is 15.9. The van der Waals surface area contributed by atoms with E-state index in [0.29, 0.717) is 44.7 Å². The molecule has 45 heavy (non-hydrogen) atoms. The van der Waals surface area contributed by atoms with Crippen molar-refractivity contribution in [3.8, 4) is 0 Å². The van der Waals surface area contributed by atoms with Crippen LogP contribution in [0.2, 0.25) is 25.2 Å². The summed E-state index contributed by atoms with van der Waals surface area (Å²) >= 11 is 29.3. The molecule has 0 saturated carbocycles. The molecular formula is C34H27Cl5F2N4. The number of halogens is 7. The van der Waals surface area contributed by atoms with Crippen LogP contribution in [0.1, 0.15) is 22.3 Å². The monoisotopic (exact) mass is 704 g/mol. The van der Waals surface area contributed by atoms with Gasteiger partial charge in [-0.2, -0.15) is 0 Å². The van der Waals surface area contributed by atoms with Gasteiger partial charge in [-0.15, -0.1) is 0 Å². The van der Waals surface area contributed by atoms with Crippen molar-refractivity contribution in [1.29, 1.82) is 0 Å². The average molecular weight is 707 g/mol. The lowest BCUT2D eigenvalue weighted by Gasteiger charge is -2.09. The maximum absolute atomic E-state index is 14.1. The van der Waals surface area contributed by atoms with E-state index in [1.54, 1.807) is 19.1 Å².